The first-order chi connectivity index (χ1) is 13.8. The first-order valence-electron chi connectivity index (χ1n) is 9.58. The van der Waals surface area contributed by atoms with Gasteiger partial charge in [-0.1, -0.05) is 57.0 Å². The summed E-state index contributed by atoms with van der Waals surface area (Å²) in [6, 6.07) is 11.6. The predicted octanol–water partition coefficient (Wildman–Crippen LogP) is 4.87. The van der Waals surface area contributed by atoms with Crippen LogP contribution in [0.5, 0.6) is 0 Å². The fraction of sp³-hybridized carbons (Fsp3) is 0.261. The molecule has 3 rings (SSSR count). The Morgan fingerprint density at radius 1 is 1.10 bits per heavy atom. The molecule has 0 aliphatic rings. The molecule has 1 heterocycles. The molecule has 0 saturated heterocycles. The van der Waals surface area contributed by atoms with E-state index in [4.69, 9.17) is 17.3 Å². The maximum Gasteiger partial charge on any atom is 0.264 e. The summed E-state index contributed by atoms with van der Waals surface area (Å²) in [5.41, 5.74) is 7.70. The SMILES string of the molecule is CCCc1c(C(=O)C(C)C)c2ccc(C(N)=O)cc2n1C(=O)c1ccccc1Cl. The Labute approximate surface area is 174 Å². The van der Waals surface area contributed by atoms with Crippen LogP contribution in [0.25, 0.3) is 10.9 Å². The van der Waals surface area contributed by atoms with Crippen LogP contribution >= 0.6 is 11.6 Å². The molecule has 0 aliphatic carbocycles. The van der Waals surface area contributed by atoms with Gasteiger partial charge in [0, 0.05) is 28.1 Å². The summed E-state index contributed by atoms with van der Waals surface area (Å²) in [6.45, 7) is 5.64. The minimum absolute atomic E-state index is 0.0454. The van der Waals surface area contributed by atoms with Gasteiger partial charge in [-0.05, 0) is 30.7 Å². The second-order valence-electron chi connectivity index (χ2n) is 7.31. The highest BCUT2D eigenvalue weighted by Gasteiger charge is 2.28. The van der Waals surface area contributed by atoms with Crippen molar-refractivity contribution in [1.29, 1.82) is 0 Å². The van der Waals surface area contributed by atoms with Gasteiger partial charge in [-0.3, -0.25) is 19.0 Å². The molecular weight excluding hydrogens is 388 g/mol. The number of Topliss-reactive ketones (excluding diaryl/α,β-unsaturated/α-hetero) is 1. The second kappa shape index (κ2) is 8.21. The highest BCUT2D eigenvalue weighted by molar-refractivity contribution is 6.34. The average molecular weight is 411 g/mol. The van der Waals surface area contributed by atoms with Crippen LogP contribution in [0.2, 0.25) is 5.02 Å². The Hall–Kier alpha value is -2.92. The molecule has 2 aromatic carbocycles. The van der Waals surface area contributed by atoms with Crippen molar-refractivity contribution in [2.45, 2.75) is 33.6 Å². The molecule has 1 aromatic heterocycles. The van der Waals surface area contributed by atoms with Crippen molar-refractivity contribution in [3.63, 3.8) is 0 Å². The monoisotopic (exact) mass is 410 g/mol. The minimum atomic E-state index is -0.598. The summed E-state index contributed by atoms with van der Waals surface area (Å²) in [6.07, 6.45) is 1.28. The highest BCUT2D eigenvalue weighted by atomic mass is 35.5. The van der Waals surface area contributed by atoms with E-state index in [2.05, 4.69) is 0 Å². The number of primary amides is 1. The first-order valence-corrected chi connectivity index (χ1v) is 9.96. The zero-order chi connectivity index (χ0) is 21.3. The van der Waals surface area contributed by atoms with Crippen molar-refractivity contribution < 1.29 is 14.4 Å². The van der Waals surface area contributed by atoms with Crippen LogP contribution in [0.15, 0.2) is 42.5 Å². The number of benzene rings is 2. The number of aromatic nitrogens is 1. The van der Waals surface area contributed by atoms with E-state index in [1.807, 2.05) is 20.8 Å². The number of carbonyl (C=O) groups excluding carboxylic acids is 3. The van der Waals surface area contributed by atoms with Gasteiger partial charge in [-0.15, -0.1) is 0 Å². The number of carbonyl (C=O) groups is 3. The van der Waals surface area contributed by atoms with Gasteiger partial charge in [-0.2, -0.15) is 0 Å². The number of ketones is 1. The molecule has 0 spiro atoms. The maximum atomic E-state index is 13.5. The molecule has 2 N–H and O–H groups in total. The Kier molecular flexibility index (Phi) is 5.89. The molecule has 0 aliphatic heterocycles. The van der Waals surface area contributed by atoms with Gasteiger partial charge in [0.05, 0.1) is 16.1 Å². The summed E-state index contributed by atoms with van der Waals surface area (Å²) < 4.78 is 1.52. The lowest BCUT2D eigenvalue weighted by Gasteiger charge is -2.12. The zero-order valence-corrected chi connectivity index (χ0v) is 17.4. The van der Waals surface area contributed by atoms with E-state index in [0.717, 1.165) is 6.42 Å². The standard InChI is InChI=1S/C23H23ClN2O3/c1-4-7-18-20(21(27)13(2)3)16-11-10-14(22(25)28)12-19(16)26(18)23(29)15-8-5-6-9-17(15)24/h5-6,8-13H,4,7H2,1-3H3,(H2,25,28). The van der Waals surface area contributed by atoms with Gasteiger partial charge >= 0.3 is 0 Å². The molecule has 0 fully saturated rings. The summed E-state index contributed by atoms with van der Waals surface area (Å²) >= 11 is 6.28. The maximum absolute atomic E-state index is 13.5. The van der Waals surface area contributed by atoms with Crippen LogP contribution in [0.3, 0.4) is 0 Å². The van der Waals surface area contributed by atoms with Crippen molar-refractivity contribution in [2.75, 3.05) is 0 Å². The molecule has 0 radical (unpaired) electrons. The largest absolute Gasteiger partial charge is 0.366 e. The molecule has 5 nitrogen and oxygen atoms in total. The van der Waals surface area contributed by atoms with Gasteiger partial charge in [0.2, 0.25) is 5.91 Å². The highest BCUT2D eigenvalue weighted by Crippen LogP contribution is 2.32. The Bertz CT molecular complexity index is 1130. The van der Waals surface area contributed by atoms with Crippen LogP contribution in [0.4, 0.5) is 0 Å². The van der Waals surface area contributed by atoms with E-state index in [9.17, 15) is 14.4 Å². The summed E-state index contributed by atoms with van der Waals surface area (Å²) in [5.74, 6) is -1.22. The molecule has 0 bridgehead atoms. The lowest BCUT2D eigenvalue weighted by Crippen LogP contribution is -2.18. The lowest BCUT2D eigenvalue weighted by atomic mass is 9.96. The molecule has 6 heteroatoms. The summed E-state index contributed by atoms with van der Waals surface area (Å²) in [5, 5.41) is 0.960. The smallest absolute Gasteiger partial charge is 0.264 e. The number of rotatable bonds is 6. The molecular formula is C23H23ClN2O3. The Balaban J connectivity index is 2.42. The minimum Gasteiger partial charge on any atom is -0.366 e. The summed E-state index contributed by atoms with van der Waals surface area (Å²) in [7, 11) is 0. The molecule has 0 unspecified atom stereocenters. The van der Waals surface area contributed by atoms with E-state index in [0.29, 0.717) is 39.2 Å². The van der Waals surface area contributed by atoms with Crippen molar-refractivity contribution in [2.24, 2.45) is 11.7 Å². The molecule has 29 heavy (non-hydrogen) atoms. The van der Waals surface area contributed by atoms with Crippen molar-refractivity contribution in [1.82, 2.24) is 4.57 Å². The van der Waals surface area contributed by atoms with Gasteiger partial charge in [-0.25, -0.2) is 0 Å². The molecule has 1 amide bonds. The number of hydrogen-bond acceptors (Lipinski definition) is 3. The number of halogens is 1. The number of hydrogen-bond donors (Lipinski definition) is 1. The molecule has 0 saturated carbocycles. The van der Waals surface area contributed by atoms with Crippen LogP contribution in [-0.2, 0) is 6.42 Å². The number of amides is 1. The lowest BCUT2D eigenvalue weighted by molar-refractivity contribution is 0.0938. The number of nitrogens with two attached hydrogens (primary N) is 1. The fourth-order valence-corrected chi connectivity index (χ4v) is 3.73. The second-order valence-corrected chi connectivity index (χ2v) is 7.71. The van der Waals surface area contributed by atoms with E-state index < -0.39 is 5.91 Å². The molecule has 3 aromatic rings. The van der Waals surface area contributed by atoms with Crippen LogP contribution in [0.1, 0.15) is 64.0 Å². The normalized spacial score (nSPS) is 11.2. The van der Waals surface area contributed by atoms with Gasteiger partial charge in [0.15, 0.2) is 5.78 Å². The summed E-state index contributed by atoms with van der Waals surface area (Å²) in [4.78, 5) is 38.3. The Morgan fingerprint density at radius 3 is 2.38 bits per heavy atom. The number of nitrogens with zero attached hydrogens (tertiary/aromatic N) is 1. The number of fused-ring (bicyclic) bond motifs is 1. The van der Waals surface area contributed by atoms with Gasteiger partial charge in [0.25, 0.3) is 5.91 Å². The first kappa shape index (κ1) is 20.8. The topological polar surface area (TPSA) is 82.2 Å². The van der Waals surface area contributed by atoms with E-state index in [-0.39, 0.29) is 23.2 Å². The van der Waals surface area contributed by atoms with Crippen molar-refractivity contribution in [3.8, 4) is 0 Å². The zero-order valence-electron chi connectivity index (χ0n) is 16.7. The van der Waals surface area contributed by atoms with Gasteiger partial charge in [0.1, 0.15) is 0 Å². The van der Waals surface area contributed by atoms with E-state index in [1.54, 1.807) is 42.5 Å². The van der Waals surface area contributed by atoms with Crippen LogP contribution < -0.4 is 5.73 Å². The van der Waals surface area contributed by atoms with Crippen LogP contribution in [-0.4, -0.2) is 22.2 Å². The molecule has 150 valence electrons. The van der Waals surface area contributed by atoms with Crippen molar-refractivity contribution >= 4 is 40.1 Å². The predicted molar refractivity (Wildman–Crippen MR) is 115 cm³/mol. The molecule has 0 atom stereocenters. The quantitative estimate of drug-likeness (QED) is 0.588. The fourth-order valence-electron chi connectivity index (χ4n) is 3.52. The third kappa shape index (κ3) is 3.70. The van der Waals surface area contributed by atoms with E-state index in [1.165, 1.54) is 4.57 Å². The van der Waals surface area contributed by atoms with E-state index >= 15 is 0 Å². The Morgan fingerprint density at radius 2 is 1.79 bits per heavy atom. The third-order valence-corrected chi connectivity index (χ3v) is 5.25. The van der Waals surface area contributed by atoms with Crippen molar-refractivity contribution in [3.05, 3.63) is 69.9 Å². The average Bonchev–Trinajstić information content (AvgIpc) is 3.00. The van der Waals surface area contributed by atoms with Crippen LogP contribution in [0, 0.1) is 5.92 Å². The van der Waals surface area contributed by atoms with Gasteiger partial charge < -0.3 is 5.73 Å². The third-order valence-electron chi connectivity index (χ3n) is 4.92.